The van der Waals surface area contributed by atoms with Crippen molar-refractivity contribution >= 4 is 0 Å². The molecule has 2 aliphatic rings. The van der Waals surface area contributed by atoms with Gasteiger partial charge in [0, 0.05) is 11.1 Å². The Morgan fingerprint density at radius 3 is 1.95 bits per heavy atom. The van der Waals surface area contributed by atoms with Crippen molar-refractivity contribution in [3.05, 3.63) is 90.3 Å². The van der Waals surface area contributed by atoms with Crippen molar-refractivity contribution in [3.8, 4) is 28.0 Å². The van der Waals surface area contributed by atoms with Crippen LogP contribution in [0.1, 0.15) is 95.5 Å². The van der Waals surface area contributed by atoms with Gasteiger partial charge in [0.15, 0.2) is 11.6 Å². The molecule has 42 heavy (non-hydrogen) atoms. The first-order chi connectivity index (χ1) is 20.5. The van der Waals surface area contributed by atoms with E-state index in [4.69, 9.17) is 4.74 Å². The molecular weight excluding hydrogens is 529 g/mol. The van der Waals surface area contributed by atoms with Gasteiger partial charge in [-0.15, -0.1) is 6.58 Å². The Balaban J connectivity index is 1.20. The van der Waals surface area contributed by atoms with Crippen LogP contribution < -0.4 is 4.74 Å². The number of halogens is 3. The standard InChI is InChI=1S/C38H45F3O/c1-3-5-6-7-24-42-36-23-22-34(37(40)38(36)41)31-18-16-30(17-19-31)33-21-20-32(25-35(33)39)29-14-12-28(13-15-29)27-10-8-26(4-2)9-11-27/h4,16-23,25-29H,2-3,5-15,24H2,1H3. The maximum atomic E-state index is 15.4. The lowest BCUT2D eigenvalue weighted by Crippen LogP contribution is -2.25. The Hall–Kier alpha value is -3.01. The lowest BCUT2D eigenvalue weighted by Gasteiger charge is -2.37. The topological polar surface area (TPSA) is 9.23 Å². The van der Waals surface area contributed by atoms with E-state index < -0.39 is 11.6 Å². The summed E-state index contributed by atoms with van der Waals surface area (Å²) in [5, 5.41) is 0. The molecule has 0 heterocycles. The van der Waals surface area contributed by atoms with Crippen molar-refractivity contribution in [3.63, 3.8) is 0 Å². The Labute approximate surface area is 250 Å². The van der Waals surface area contributed by atoms with E-state index in [0.717, 1.165) is 61.5 Å². The van der Waals surface area contributed by atoms with Crippen molar-refractivity contribution in [2.24, 2.45) is 17.8 Å². The van der Waals surface area contributed by atoms with E-state index in [9.17, 15) is 8.78 Å². The van der Waals surface area contributed by atoms with Crippen LogP contribution in [0.4, 0.5) is 13.2 Å². The second kappa shape index (κ2) is 14.4. The molecule has 5 rings (SSSR count). The van der Waals surface area contributed by atoms with Crippen molar-refractivity contribution in [2.45, 2.75) is 89.9 Å². The Bertz CT molecular complexity index is 1310. The minimum absolute atomic E-state index is 0.0596. The van der Waals surface area contributed by atoms with Crippen LogP contribution in [0.25, 0.3) is 22.3 Å². The lowest BCUT2D eigenvalue weighted by atomic mass is 9.68. The summed E-state index contributed by atoms with van der Waals surface area (Å²) >= 11 is 0. The number of hydrogen-bond donors (Lipinski definition) is 0. The van der Waals surface area contributed by atoms with E-state index in [1.54, 1.807) is 36.4 Å². The second-order valence-electron chi connectivity index (χ2n) is 12.5. The van der Waals surface area contributed by atoms with Crippen molar-refractivity contribution in [1.82, 2.24) is 0 Å². The van der Waals surface area contributed by atoms with Gasteiger partial charge in [-0.05, 0) is 116 Å². The average molecular weight is 575 g/mol. The molecule has 0 aliphatic heterocycles. The summed E-state index contributed by atoms with van der Waals surface area (Å²) in [5.41, 5.74) is 3.03. The van der Waals surface area contributed by atoms with E-state index in [-0.39, 0.29) is 17.1 Å². The molecule has 0 N–H and O–H groups in total. The molecular formula is C38H45F3O. The van der Waals surface area contributed by atoms with Crippen LogP contribution in [0.2, 0.25) is 0 Å². The molecule has 0 amide bonds. The van der Waals surface area contributed by atoms with Crippen LogP contribution in [0, 0.1) is 35.2 Å². The van der Waals surface area contributed by atoms with E-state index in [1.807, 2.05) is 6.07 Å². The summed E-state index contributed by atoms with van der Waals surface area (Å²) in [6, 6.07) is 15.7. The maximum absolute atomic E-state index is 15.4. The van der Waals surface area contributed by atoms with Gasteiger partial charge in [0.25, 0.3) is 0 Å². The fourth-order valence-electron chi connectivity index (χ4n) is 7.20. The molecule has 0 aromatic heterocycles. The largest absolute Gasteiger partial charge is 0.490 e. The first-order valence-corrected chi connectivity index (χ1v) is 16.1. The highest BCUT2D eigenvalue weighted by atomic mass is 19.2. The molecule has 224 valence electrons. The van der Waals surface area contributed by atoms with Gasteiger partial charge in [0.1, 0.15) is 5.82 Å². The monoisotopic (exact) mass is 574 g/mol. The number of ether oxygens (including phenoxy) is 1. The van der Waals surface area contributed by atoms with Gasteiger partial charge < -0.3 is 4.74 Å². The number of unbranched alkanes of at least 4 members (excludes halogenated alkanes) is 3. The Morgan fingerprint density at radius 1 is 0.714 bits per heavy atom. The molecule has 3 aromatic rings. The molecule has 4 heteroatoms. The van der Waals surface area contributed by atoms with Crippen LogP contribution in [0.5, 0.6) is 5.75 Å². The molecule has 0 unspecified atom stereocenters. The first kappa shape index (κ1) is 30.4. The predicted molar refractivity (Wildman–Crippen MR) is 167 cm³/mol. The minimum Gasteiger partial charge on any atom is -0.490 e. The number of allylic oxidation sites excluding steroid dienone is 1. The summed E-state index contributed by atoms with van der Waals surface area (Å²) in [7, 11) is 0. The fourth-order valence-corrected chi connectivity index (χ4v) is 7.20. The van der Waals surface area contributed by atoms with Gasteiger partial charge in [0.05, 0.1) is 6.61 Å². The van der Waals surface area contributed by atoms with Gasteiger partial charge in [-0.25, -0.2) is 8.78 Å². The molecule has 3 aromatic carbocycles. The Morgan fingerprint density at radius 2 is 1.33 bits per heavy atom. The zero-order valence-corrected chi connectivity index (χ0v) is 25.0. The maximum Gasteiger partial charge on any atom is 0.201 e. The molecule has 0 atom stereocenters. The van der Waals surface area contributed by atoms with Crippen LogP contribution in [-0.4, -0.2) is 6.61 Å². The second-order valence-corrected chi connectivity index (χ2v) is 12.5. The summed E-state index contributed by atoms with van der Waals surface area (Å²) in [4.78, 5) is 0. The van der Waals surface area contributed by atoms with E-state index >= 15 is 4.39 Å². The minimum atomic E-state index is -0.970. The van der Waals surface area contributed by atoms with Gasteiger partial charge >= 0.3 is 0 Å². The van der Waals surface area contributed by atoms with Crippen LogP contribution in [-0.2, 0) is 0 Å². The molecule has 0 spiro atoms. The van der Waals surface area contributed by atoms with E-state index in [0.29, 0.717) is 29.6 Å². The first-order valence-electron chi connectivity index (χ1n) is 16.1. The zero-order chi connectivity index (χ0) is 29.5. The Kier molecular flexibility index (Phi) is 10.5. The average Bonchev–Trinajstić information content (AvgIpc) is 3.03. The number of hydrogen-bond acceptors (Lipinski definition) is 1. The molecule has 2 saturated carbocycles. The predicted octanol–water partition coefficient (Wildman–Crippen LogP) is 11.7. The molecule has 2 fully saturated rings. The molecule has 1 nitrogen and oxygen atoms in total. The highest BCUT2D eigenvalue weighted by Crippen LogP contribution is 2.44. The quantitative estimate of drug-likeness (QED) is 0.163. The summed E-state index contributed by atoms with van der Waals surface area (Å²) < 4.78 is 50.5. The highest BCUT2D eigenvalue weighted by molar-refractivity contribution is 5.71. The van der Waals surface area contributed by atoms with Crippen LogP contribution >= 0.6 is 0 Å². The normalized spacial score (nSPS) is 22.6. The van der Waals surface area contributed by atoms with Crippen LogP contribution in [0.15, 0.2) is 67.3 Å². The number of rotatable bonds is 11. The van der Waals surface area contributed by atoms with Gasteiger partial charge in [0.2, 0.25) is 5.82 Å². The van der Waals surface area contributed by atoms with Crippen molar-refractivity contribution in [2.75, 3.05) is 6.61 Å². The lowest BCUT2D eigenvalue weighted by molar-refractivity contribution is 0.171. The fraction of sp³-hybridized carbons (Fsp3) is 0.474. The summed E-state index contributed by atoms with van der Waals surface area (Å²) in [6.45, 7) is 6.46. The van der Waals surface area contributed by atoms with E-state index in [1.165, 1.54) is 44.6 Å². The van der Waals surface area contributed by atoms with Crippen molar-refractivity contribution in [1.29, 1.82) is 0 Å². The summed E-state index contributed by atoms with van der Waals surface area (Å²) in [5.74, 6) is 0.589. The molecule has 0 radical (unpaired) electrons. The van der Waals surface area contributed by atoms with Gasteiger partial charge in [-0.3, -0.25) is 0 Å². The number of benzene rings is 3. The van der Waals surface area contributed by atoms with Gasteiger partial charge in [-0.2, -0.15) is 4.39 Å². The SMILES string of the molecule is C=CC1CCC(C2CCC(c3ccc(-c4ccc(-c5ccc(OCCCCCC)c(F)c5F)cc4)c(F)c3)CC2)CC1. The third-order valence-corrected chi connectivity index (χ3v) is 9.86. The third-order valence-electron chi connectivity index (χ3n) is 9.86. The molecule has 0 bridgehead atoms. The van der Waals surface area contributed by atoms with Crippen molar-refractivity contribution < 1.29 is 17.9 Å². The van der Waals surface area contributed by atoms with Gasteiger partial charge in [-0.1, -0.05) is 68.7 Å². The smallest absolute Gasteiger partial charge is 0.201 e. The highest BCUT2D eigenvalue weighted by Gasteiger charge is 2.31. The summed E-state index contributed by atoms with van der Waals surface area (Å²) in [6.07, 6.45) is 16.1. The zero-order valence-electron chi connectivity index (χ0n) is 25.0. The van der Waals surface area contributed by atoms with Crippen LogP contribution in [0.3, 0.4) is 0 Å². The van der Waals surface area contributed by atoms with E-state index in [2.05, 4.69) is 25.6 Å². The molecule has 2 aliphatic carbocycles. The molecule has 0 saturated heterocycles. The third kappa shape index (κ3) is 7.13.